The first kappa shape index (κ1) is 12.8. The summed E-state index contributed by atoms with van der Waals surface area (Å²) in [5, 5.41) is 13.8. The van der Waals surface area contributed by atoms with E-state index in [1.807, 2.05) is 12.3 Å². The SMILES string of the molecule is NC(CO)c1ccnn1CC12CC3CC(CC(C3)C1)C2. The van der Waals surface area contributed by atoms with E-state index in [1.54, 1.807) is 0 Å². The van der Waals surface area contributed by atoms with E-state index >= 15 is 0 Å². The molecule has 1 aromatic rings. The lowest BCUT2D eigenvalue weighted by Crippen LogP contribution is -2.48. The zero-order valence-corrected chi connectivity index (χ0v) is 12.0. The summed E-state index contributed by atoms with van der Waals surface area (Å²) in [6.45, 7) is 0.999. The van der Waals surface area contributed by atoms with Gasteiger partial charge in [0.05, 0.1) is 18.3 Å². The Morgan fingerprint density at radius 3 is 2.40 bits per heavy atom. The van der Waals surface area contributed by atoms with Crippen LogP contribution in [0.15, 0.2) is 12.3 Å². The van der Waals surface area contributed by atoms with Crippen molar-refractivity contribution in [2.24, 2.45) is 28.9 Å². The van der Waals surface area contributed by atoms with Crippen LogP contribution in [0.4, 0.5) is 0 Å². The van der Waals surface area contributed by atoms with Crippen LogP contribution in [0.1, 0.15) is 50.3 Å². The maximum atomic E-state index is 9.29. The minimum absolute atomic E-state index is 0.00737. The summed E-state index contributed by atoms with van der Waals surface area (Å²) in [5.41, 5.74) is 7.45. The fourth-order valence-electron chi connectivity index (χ4n) is 5.68. The van der Waals surface area contributed by atoms with Crippen molar-refractivity contribution in [2.75, 3.05) is 6.61 Å². The fourth-order valence-corrected chi connectivity index (χ4v) is 5.68. The maximum Gasteiger partial charge on any atom is 0.0701 e. The van der Waals surface area contributed by atoms with E-state index in [-0.39, 0.29) is 12.6 Å². The molecule has 4 bridgehead atoms. The Bertz CT molecular complexity index is 460. The van der Waals surface area contributed by atoms with Gasteiger partial charge in [0.15, 0.2) is 0 Å². The molecule has 110 valence electrons. The van der Waals surface area contributed by atoms with Gasteiger partial charge in [0, 0.05) is 12.7 Å². The lowest BCUT2D eigenvalue weighted by molar-refractivity contribution is -0.0641. The predicted octanol–water partition coefficient (Wildman–Crippen LogP) is 2.09. The molecule has 1 aromatic heterocycles. The molecule has 1 unspecified atom stereocenters. The highest BCUT2D eigenvalue weighted by atomic mass is 16.3. The third-order valence-corrected chi connectivity index (χ3v) is 5.98. The highest BCUT2D eigenvalue weighted by Gasteiger charge is 2.51. The van der Waals surface area contributed by atoms with Gasteiger partial charge in [-0.1, -0.05) is 0 Å². The normalized spacial score (nSPS) is 40.2. The van der Waals surface area contributed by atoms with E-state index in [1.165, 1.54) is 38.5 Å². The van der Waals surface area contributed by atoms with Gasteiger partial charge >= 0.3 is 0 Å². The molecule has 3 N–H and O–H groups in total. The summed E-state index contributed by atoms with van der Waals surface area (Å²) < 4.78 is 2.08. The highest BCUT2D eigenvalue weighted by Crippen LogP contribution is 2.60. The molecular formula is C16H25N3O. The monoisotopic (exact) mass is 275 g/mol. The number of nitrogens with two attached hydrogens (primary N) is 1. The van der Waals surface area contributed by atoms with Gasteiger partial charge in [-0.2, -0.15) is 5.10 Å². The van der Waals surface area contributed by atoms with Crippen LogP contribution in [-0.2, 0) is 6.54 Å². The van der Waals surface area contributed by atoms with Crippen LogP contribution in [-0.4, -0.2) is 21.5 Å². The van der Waals surface area contributed by atoms with Gasteiger partial charge in [0.1, 0.15) is 0 Å². The van der Waals surface area contributed by atoms with Gasteiger partial charge < -0.3 is 10.8 Å². The van der Waals surface area contributed by atoms with E-state index in [2.05, 4.69) is 9.78 Å². The first-order chi connectivity index (χ1) is 9.67. The topological polar surface area (TPSA) is 64.1 Å². The van der Waals surface area contributed by atoms with Crippen LogP contribution >= 0.6 is 0 Å². The molecule has 4 saturated carbocycles. The van der Waals surface area contributed by atoms with Gasteiger partial charge in [0.25, 0.3) is 0 Å². The van der Waals surface area contributed by atoms with Crippen molar-refractivity contribution >= 4 is 0 Å². The number of aliphatic hydroxyl groups is 1. The van der Waals surface area contributed by atoms with Gasteiger partial charge in [-0.25, -0.2) is 0 Å². The van der Waals surface area contributed by atoms with Crippen molar-refractivity contribution in [3.8, 4) is 0 Å². The quantitative estimate of drug-likeness (QED) is 0.884. The molecule has 4 heteroatoms. The summed E-state index contributed by atoms with van der Waals surface area (Å²) in [7, 11) is 0. The van der Waals surface area contributed by atoms with Crippen LogP contribution < -0.4 is 5.73 Å². The average Bonchev–Trinajstić information content (AvgIpc) is 2.83. The number of nitrogens with zero attached hydrogens (tertiary/aromatic N) is 2. The van der Waals surface area contributed by atoms with Gasteiger partial charge in [-0.3, -0.25) is 4.68 Å². The van der Waals surface area contributed by atoms with Crippen molar-refractivity contribution in [1.82, 2.24) is 9.78 Å². The van der Waals surface area contributed by atoms with E-state index in [0.717, 1.165) is 30.0 Å². The summed E-state index contributed by atoms with van der Waals surface area (Å²) in [4.78, 5) is 0. The molecule has 0 amide bonds. The lowest BCUT2D eigenvalue weighted by Gasteiger charge is -2.56. The van der Waals surface area contributed by atoms with Crippen molar-refractivity contribution < 1.29 is 5.11 Å². The van der Waals surface area contributed by atoms with Gasteiger partial charge in [-0.15, -0.1) is 0 Å². The van der Waals surface area contributed by atoms with Crippen LogP contribution in [0.25, 0.3) is 0 Å². The molecule has 5 rings (SSSR count). The molecule has 4 aliphatic carbocycles. The molecule has 0 aromatic carbocycles. The maximum absolute atomic E-state index is 9.29. The Labute approximate surface area is 120 Å². The molecule has 4 nitrogen and oxygen atoms in total. The highest BCUT2D eigenvalue weighted by molar-refractivity contribution is 5.08. The Kier molecular flexibility index (Phi) is 2.93. The van der Waals surface area contributed by atoms with Gasteiger partial charge in [-0.05, 0) is 67.8 Å². The molecule has 0 radical (unpaired) electrons. The summed E-state index contributed by atoms with van der Waals surface area (Å²) >= 11 is 0. The molecule has 4 aliphatic rings. The van der Waals surface area contributed by atoms with Crippen molar-refractivity contribution in [2.45, 2.75) is 51.1 Å². The Morgan fingerprint density at radius 1 is 1.25 bits per heavy atom. The third kappa shape index (κ3) is 2.01. The number of rotatable bonds is 4. The van der Waals surface area contributed by atoms with E-state index < -0.39 is 0 Å². The largest absolute Gasteiger partial charge is 0.394 e. The van der Waals surface area contributed by atoms with Gasteiger partial charge in [0.2, 0.25) is 0 Å². The van der Waals surface area contributed by atoms with Crippen LogP contribution in [0.5, 0.6) is 0 Å². The van der Waals surface area contributed by atoms with Crippen LogP contribution in [0.3, 0.4) is 0 Å². The molecule has 0 spiro atoms. The number of hydrogen-bond donors (Lipinski definition) is 2. The Hall–Kier alpha value is -0.870. The molecule has 1 atom stereocenters. The fraction of sp³-hybridized carbons (Fsp3) is 0.812. The second-order valence-corrected chi connectivity index (χ2v) is 7.62. The standard InChI is InChI=1S/C16H25N3O/c17-14(9-20)15-1-2-18-19(15)10-16-6-11-3-12(7-16)5-13(4-11)8-16/h1-2,11-14,20H,3-10,17H2. The van der Waals surface area contributed by atoms with E-state index in [4.69, 9.17) is 5.73 Å². The number of hydrogen-bond acceptors (Lipinski definition) is 3. The number of aromatic nitrogens is 2. The lowest BCUT2D eigenvalue weighted by atomic mass is 9.49. The first-order valence-corrected chi connectivity index (χ1v) is 8.05. The molecule has 1 heterocycles. The van der Waals surface area contributed by atoms with Crippen molar-refractivity contribution in [1.29, 1.82) is 0 Å². The number of aliphatic hydroxyl groups excluding tert-OH is 1. The molecule has 0 aliphatic heterocycles. The third-order valence-electron chi connectivity index (χ3n) is 5.98. The minimum atomic E-state index is -0.300. The van der Waals surface area contributed by atoms with Crippen molar-refractivity contribution in [3.63, 3.8) is 0 Å². The minimum Gasteiger partial charge on any atom is -0.394 e. The average molecular weight is 275 g/mol. The Morgan fingerprint density at radius 2 is 1.85 bits per heavy atom. The van der Waals surface area contributed by atoms with E-state index in [9.17, 15) is 5.11 Å². The summed E-state index contributed by atoms with van der Waals surface area (Å²) in [5.74, 6) is 2.89. The second-order valence-electron chi connectivity index (χ2n) is 7.62. The van der Waals surface area contributed by atoms with Crippen LogP contribution in [0.2, 0.25) is 0 Å². The van der Waals surface area contributed by atoms with Crippen molar-refractivity contribution in [3.05, 3.63) is 18.0 Å². The zero-order valence-electron chi connectivity index (χ0n) is 12.0. The first-order valence-electron chi connectivity index (χ1n) is 8.05. The summed E-state index contributed by atoms with van der Waals surface area (Å²) in [6, 6.07) is 1.66. The predicted molar refractivity (Wildman–Crippen MR) is 76.8 cm³/mol. The van der Waals surface area contributed by atoms with Crippen LogP contribution in [0, 0.1) is 23.2 Å². The Balaban J connectivity index is 1.58. The second kappa shape index (κ2) is 4.57. The molecule has 4 fully saturated rings. The zero-order chi connectivity index (χ0) is 13.7. The smallest absolute Gasteiger partial charge is 0.0701 e. The molecule has 20 heavy (non-hydrogen) atoms. The van der Waals surface area contributed by atoms with E-state index in [0.29, 0.717) is 5.41 Å². The molecule has 0 saturated heterocycles. The summed E-state index contributed by atoms with van der Waals surface area (Å²) in [6.07, 6.45) is 10.4. The molecular weight excluding hydrogens is 250 g/mol.